The zero-order valence-corrected chi connectivity index (χ0v) is 22.6. The van der Waals surface area contributed by atoms with Gasteiger partial charge in [-0.05, 0) is 61.5 Å². The molecule has 10 nitrogen and oxygen atoms in total. The molecule has 3 aromatic carbocycles. The summed E-state index contributed by atoms with van der Waals surface area (Å²) in [6, 6.07) is 10.5. The van der Waals surface area contributed by atoms with Crippen molar-refractivity contribution in [2.45, 2.75) is 13.1 Å². The largest absolute Gasteiger partial charge is 0.489 e. The number of carbonyl (C=O) groups is 2. The van der Waals surface area contributed by atoms with E-state index in [1.165, 1.54) is 30.6 Å². The molecule has 1 heterocycles. The maximum atomic E-state index is 13.5. The Kier molecular flexibility index (Phi) is 9.72. The number of rotatable bonds is 11. The Bertz CT molecular complexity index is 1630. The van der Waals surface area contributed by atoms with E-state index in [1.54, 1.807) is 12.1 Å². The second kappa shape index (κ2) is 13.6. The average Bonchev–Trinajstić information content (AvgIpc) is 2.97. The summed E-state index contributed by atoms with van der Waals surface area (Å²) in [5.41, 5.74) is -0.642. The maximum absolute atomic E-state index is 13.5. The summed E-state index contributed by atoms with van der Waals surface area (Å²) in [7, 11) is 0. The van der Waals surface area contributed by atoms with Crippen LogP contribution in [0.5, 0.6) is 17.4 Å². The first kappa shape index (κ1) is 30.7. The highest BCUT2D eigenvalue weighted by atomic mass is 19.4. The number of benzene rings is 3. The van der Waals surface area contributed by atoms with Crippen molar-refractivity contribution in [2.24, 2.45) is 0 Å². The highest BCUT2D eigenvalue weighted by molar-refractivity contribution is 6.02. The molecule has 4 rings (SSSR count). The molecule has 14 heteroatoms. The number of urea groups is 1. The van der Waals surface area contributed by atoms with Gasteiger partial charge in [0.15, 0.2) is 0 Å². The van der Waals surface area contributed by atoms with Gasteiger partial charge in [0.25, 0.3) is 0 Å². The van der Waals surface area contributed by atoms with E-state index in [0.29, 0.717) is 59.1 Å². The molecular weight excluding hydrogens is 574 g/mol. The lowest BCUT2D eigenvalue weighted by molar-refractivity contribution is -0.139. The summed E-state index contributed by atoms with van der Waals surface area (Å²) >= 11 is 0. The molecule has 3 amide bonds. The van der Waals surface area contributed by atoms with Crippen LogP contribution in [-0.2, 0) is 15.7 Å². The minimum Gasteiger partial charge on any atom is -0.489 e. The number of alkyl halides is 3. The topological polar surface area (TPSA) is 124 Å². The van der Waals surface area contributed by atoms with Gasteiger partial charge in [-0.2, -0.15) is 13.2 Å². The highest BCUT2D eigenvalue weighted by Crippen LogP contribution is 2.35. The predicted octanol–water partition coefficient (Wildman–Crippen LogP) is 6.76. The van der Waals surface area contributed by atoms with Crippen molar-refractivity contribution in [3.8, 4) is 17.4 Å². The van der Waals surface area contributed by atoms with Gasteiger partial charge in [-0.3, -0.25) is 4.79 Å². The van der Waals surface area contributed by atoms with Crippen LogP contribution in [0.25, 0.3) is 10.9 Å². The third-order valence-corrected chi connectivity index (χ3v) is 5.69. The SMILES string of the molecule is C=CC(=O)Nc1cc2c(Oc3ccc(NC(=O)Nc4ccc(F)c(C(F)(F)F)c4)cc3)ncnc2cc1OCCOCC. The van der Waals surface area contributed by atoms with E-state index in [2.05, 4.69) is 32.5 Å². The number of anilines is 3. The number of hydrogen-bond donors (Lipinski definition) is 3. The zero-order chi connectivity index (χ0) is 31.0. The predicted molar refractivity (Wildman–Crippen MR) is 151 cm³/mol. The molecular formula is C29H25F4N5O5. The molecule has 224 valence electrons. The molecule has 1 aromatic heterocycles. The van der Waals surface area contributed by atoms with Crippen molar-refractivity contribution in [2.75, 3.05) is 35.8 Å². The minimum absolute atomic E-state index is 0.162. The summed E-state index contributed by atoms with van der Waals surface area (Å²) in [5, 5.41) is 7.84. The Morgan fingerprint density at radius 1 is 0.953 bits per heavy atom. The van der Waals surface area contributed by atoms with Crippen molar-refractivity contribution in [3.63, 3.8) is 0 Å². The van der Waals surface area contributed by atoms with Crippen LogP contribution in [0.1, 0.15) is 12.5 Å². The van der Waals surface area contributed by atoms with Gasteiger partial charge in [0.2, 0.25) is 11.8 Å². The Morgan fingerprint density at radius 3 is 2.37 bits per heavy atom. The number of nitrogens with zero attached hydrogens (tertiary/aromatic N) is 2. The maximum Gasteiger partial charge on any atom is 0.419 e. The molecule has 43 heavy (non-hydrogen) atoms. The lowest BCUT2D eigenvalue weighted by Gasteiger charge is -2.15. The van der Waals surface area contributed by atoms with Crippen molar-refractivity contribution in [1.29, 1.82) is 0 Å². The Morgan fingerprint density at radius 2 is 1.67 bits per heavy atom. The first-order valence-electron chi connectivity index (χ1n) is 12.7. The van der Waals surface area contributed by atoms with E-state index in [1.807, 2.05) is 6.92 Å². The summed E-state index contributed by atoms with van der Waals surface area (Å²) in [5.74, 6) is -1.06. The fraction of sp³-hybridized carbons (Fsp3) is 0.172. The number of carbonyl (C=O) groups excluding carboxylic acids is 2. The van der Waals surface area contributed by atoms with E-state index in [0.717, 1.165) is 12.1 Å². The lowest BCUT2D eigenvalue weighted by Crippen LogP contribution is -2.20. The van der Waals surface area contributed by atoms with E-state index in [4.69, 9.17) is 14.2 Å². The quantitative estimate of drug-likeness (QED) is 0.0988. The van der Waals surface area contributed by atoms with Crippen LogP contribution >= 0.6 is 0 Å². The van der Waals surface area contributed by atoms with Gasteiger partial charge in [-0.25, -0.2) is 19.2 Å². The van der Waals surface area contributed by atoms with Gasteiger partial charge >= 0.3 is 12.2 Å². The molecule has 0 bridgehead atoms. The number of ether oxygens (including phenoxy) is 3. The molecule has 0 saturated heterocycles. The van der Waals surface area contributed by atoms with Crippen LogP contribution < -0.4 is 25.4 Å². The van der Waals surface area contributed by atoms with Crippen molar-refractivity contribution >= 4 is 39.9 Å². The van der Waals surface area contributed by atoms with Crippen LogP contribution in [0.2, 0.25) is 0 Å². The number of hydrogen-bond acceptors (Lipinski definition) is 7. The van der Waals surface area contributed by atoms with Gasteiger partial charge in [0.05, 0.1) is 28.8 Å². The fourth-order valence-corrected chi connectivity index (χ4v) is 3.73. The van der Waals surface area contributed by atoms with E-state index in [-0.39, 0.29) is 18.2 Å². The highest BCUT2D eigenvalue weighted by Gasteiger charge is 2.34. The van der Waals surface area contributed by atoms with E-state index >= 15 is 0 Å². The number of halogens is 4. The molecule has 3 N–H and O–H groups in total. The number of aromatic nitrogens is 2. The van der Waals surface area contributed by atoms with Crippen LogP contribution in [0, 0.1) is 5.82 Å². The smallest absolute Gasteiger partial charge is 0.419 e. The Labute approximate surface area is 242 Å². The van der Waals surface area contributed by atoms with Crippen molar-refractivity contribution in [3.05, 3.63) is 85.0 Å². The monoisotopic (exact) mass is 599 g/mol. The standard InChI is InChI=1S/C29H25F4N5O5/c1-3-26(39)38-24-14-20-23(15-25(24)42-12-11-41-4-2)34-16-35-27(20)43-19-8-5-17(6-9-19)36-28(40)37-18-7-10-22(30)21(13-18)29(31,32)33/h3,5-10,13-16H,1,4,11-12H2,2H3,(H,38,39)(H2,36,37,40). The molecule has 0 atom stereocenters. The number of amides is 3. The fourth-order valence-electron chi connectivity index (χ4n) is 3.73. The van der Waals surface area contributed by atoms with Crippen LogP contribution in [0.15, 0.2) is 73.6 Å². The summed E-state index contributed by atoms with van der Waals surface area (Å²) in [6.45, 7) is 6.44. The summed E-state index contributed by atoms with van der Waals surface area (Å²) < 4.78 is 69.3. The molecule has 0 spiro atoms. The third kappa shape index (κ3) is 8.16. The van der Waals surface area contributed by atoms with E-state index in [9.17, 15) is 27.2 Å². The molecule has 4 aromatic rings. The molecule has 0 aliphatic rings. The van der Waals surface area contributed by atoms with Gasteiger partial charge in [-0.1, -0.05) is 6.58 Å². The molecule has 0 radical (unpaired) electrons. The second-order valence-corrected chi connectivity index (χ2v) is 8.68. The van der Waals surface area contributed by atoms with Crippen LogP contribution in [0.4, 0.5) is 39.4 Å². The second-order valence-electron chi connectivity index (χ2n) is 8.68. The molecule has 0 aliphatic carbocycles. The van der Waals surface area contributed by atoms with Crippen LogP contribution in [-0.4, -0.2) is 41.7 Å². The summed E-state index contributed by atoms with van der Waals surface area (Å²) in [6.07, 6.45) is -2.50. The van der Waals surface area contributed by atoms with Crippen molar-refractivity contribution in [1.82, 2.24) is 9.97 Å². The van der Waals surface area contributed by atoms with Gasteiger partial charge in [0.1, 0.15) is 30.3 Å². The van der Waals surface area contributed by atoms with Crippen molar-refractivity contribution < 1.29 is 41.4 Å². The Balaban J connectivity index is 1.48. The first-order chi connectivity index (χ1) is 20.6. The van der Waals surface area contributed by atoms with E-state index < -0.39 is 29.5 Å². The summed E-state index contributed by atoms with van der Waals surface area (Å²) in [4.78, 5) is 32.8. The van der Waals surface area contributed by atoms with Gasteiger partial charge in [-0.15, -0.1) is 0 Å². The third-order valence-electron chi connectivity index (χ3n) is 5.69. The number of nitrogens with one attached hydrogen (secondary N) is 3. The Hall–Kier alpha value is -5.24. The molecule has 0 saturated carbocycles. The number of fused-ring (bicyclic) bond motifs is 1. The first-order valence-corrected chi connectivity index (χ1v) is 12.7. The lowest BCUT2D eigenvalue weighted by atomic mass is 10.2. The van der Waals surface area contributed by atoms with Gasteiger partial charge < -0.3 is 30.2 Å². The zero-order valence-electron chi connectivity index (χ0n) is 22.6. The molecule has 0 fully saturated rings. The van der Waals surface area contributed by atoms with Gasteiger partial charge in [0, 0.05) is 24.0 Å². The van der Waals surface area contributed by atoms with Crippen LogP contribution in [0.3, 0.4) is 0 Å². The molecule has 0 aliphatic heterocycles. The normalized spacial score (nSPS) is 11.1. The molecule has 0 unspecified atom stereocenters. The minimum atomic E-state index is -4.91. The average molecular weight is 600 g/mol.